The van der Waals surface area contributed by atoms with Gasteiger partial charge >= 0.3 is 0 Å². The molecular formula is C15H16ClNOS. The number of thiophene rings is 1. The lowest BCUT2D eigenvalue weighted by Crippen LogP contribution is -2.22. The number of para-hydroxylation sites is 1. The van der Waals surface area contributed by atoms with E-state index in [-0.39, 0.29) is 6.10 Å². The Morgan fingerprint density at radius 1 is 1.26 bits per heavy atom. The summed E-state index contributed by atoms with van der Waals surface area (Å²) >= 11 is 7.62. The number of aliphatic hydroxyl groups is 1. The van der Waals surface area contributed by atoms with Gasteiger partial charge in [-0.3, -0.25) is 0 Å². The van der Waals surface area contributed by atoms with Crippen molar-refractivity contribution >= 4 is 28.6 Å². The molecule has 19 heavy (non-hydrogen) atoms. The first-order valence-electron chi connectivity index (χ1n) is 6.50. The zero-order chi connectivity index (χ0) is 13.2. The molecule has 0 bridgehead atoms. The maximum Gasteiger partial charge on any atom is 0.0931 e. The molecular weight excluding hydrogens is 278 g/mol. The Labute approximate surface area is 122 Å². The second-order valence-electron chi connectivity index (χ2n) is 4.84. The van der Waals surface area contributed by atoms with Crippen LogP contribution in [0.25, 0.3) is 0 Å². The first-order valence-corrected chi connectivity index (χ1v) is 7.69. The first kappa shape index (κ1) is 13.0. The first-order chi connectivity index (χ1) is 9.24. The van der Waals surface area contributed by atoms with E-state index < -0.39 is 0 Å². The van der Waals surface area contributed by atoms with E-state index in [9.17, 15) is 5.11 Å². The van der Waals surface area contributed by atoms with E-state index in [0.29, 0.717) is 0 Å². The van der Waals surface area contributed by atoms with E-state index in [1.165, 1.54) is 4.88 Å². The highest BCUT2D eigenvalue weighted by molar-refractivity contribution is 7.16. The smallest absolute Gasteiger partial charge is 0.0931 e. The van der Waals surface area contributed by atoms with Gasteiger partial charge in [0.25, 0.3) is 0 Å². The van der Waals surface area contributed by atoms with E-state index in [1.807, 2.05) is 24.3 Å². The number of anilines is 1. The zero-order valence-corrected chi connectivity index (χ0v) is 12.1. The number of benzene rings is 1. The Balaban J connectivity index is 1.91. The molecule has 100 valence electrons. The molecule has 0 aliphatic carbocycles. The Morgan fingerprint density at radius 3 is 2.89 bits per heavy atom. The fraction of sp³-hybridized carbons (Fsp3) is 0.333. The summed E-state index contributed by atoms with van der Waals surface area (Å²) in [5.41, 5.74) is 2.19. The second kappa shape index (κ2) is 5.53. The summed E-state index contributed by atoms with van der Waals surface area (Å²) in [5.74, 6) is 0. The third kappa shape index (κ3) is 2.78. The highest BCUT2D eigenvalue weighted by Crippen LogP contribution is 2.34. The average molecular weight is 294 g/mol. The molecule has 2 aromatic rings. The van der Waals surface area contributed by atoms with Crippen LogP contribution in [0.4, 0.5) is 5.69 Å². The van der Waals surface area contributed by atoms with Gasteiger partial charge in [-0.15, -0.1) is 11.3 Å². The van der Waals surface area contributed by atoms with Crippen LogP contribution in [0.2, 0.25) is 4.34 Å². The van der Waals surface area contributed by atoms with Gasteiger partial charge in [0.15, 0.2) is 0 Å². The van der Waals surface area contributed by atoms with Crippen molar-refractivity contribution in [1.29, 1.82) is 0 Å². The van der Waals surface area contributed by atoms with Gasteiger partial charge in [0.1, 0.15) is 0 Å². The molecule has 0 spiro atoms. The molecule has 1 aliphatic heterocycles. The van der Waals surface area contributed by atoms with Crippen LogP contribution in [-0.4, -0.2) is 11.7 Å². The predicted molar refractivity (Wildman–Crippen MR) is 81.0 cm³/mol. The van der Waals surface area contributed by atoms with E-state index >= 15 is 0 Å². The van der Waals surface area contributed by atoms with Gasteiger partial charge < -0.3 is 10.0 Å². The van der Waals surface area contributed by atoms with Crippen molar-refractivity contribution in [3.8, 4) is 0 Å². The molecule has 1 N–H and O–H groups in total. The van der Waals surface area contributed by atoms with Crippen molar-refractivity contribution in [2.45, 2.75) is 25.5 Å². The van der Waals surface area contributed by atoms with Crippen molar-refractivity contribution in [3.05, 3.63) is 51.2 Å². The highest BCUT2D eigenvalue weighted by atomic mass is 35.5. The molecule has 1 aromatic heterocycles. The van der Waals surface area contributed by atoms with Crippen LogP contribution in [0.5, 0.6) is 0 Å². The number of fused-ring (bicyclic) bond motifs is 1. The largest absolute Gasteiger partial charge is 0.388 e. The number of nitrogens with zero attached hydrogens (tertiary/aromatic N) is 1. The Kier molecular flexibility index (Phi) is 3.78. The van der Waals surface area contributed by atoms with Gasteiger partial charge in [0, 0.05) is 22.7 Å². The van der Waals surface area contributed by atoms with Crippen LogP contribution in [0.15, 0.2) is 36.4 Å². The van der Waals surface area contributed by atoms with Crippen LogP contribution in [0.3, 0.4) is 0 Å². The molecule has 2 nitrogen and oxygen atoms in total. The topological polar surface area (TPSA) is 23.5 Å². The molecule has 0 saturated heterocycles. The van der Waals surface area contributed by atoms with Crippen molar-refractivity contribution in [2.75, 3.05) is 11.4 Å². The minimum Gasteiger partial charge on any atom is -0.388 e. The van der Waals surface area contributed by atoms with Crippen LogP contribution < -0.4 is 4.90 Å². The maximum absolute atomic E-state index is 10.2. The zero-order valence-electron chi connectivity index (χ0n) is 10.6. The highest BCUT2D eigenvalue weighted by Gasteiger charge is 2.21. The Hall–Kier alpha value is -1.03. The number of halogens is 1. The van der Waals surface area contributed by atoms with E-state index in [1.54, 1.807) is 11.3 Å². The molecule has 3 rings (SSSR count). The summed E-state index contributed by atoms with van der Waals surface area (Å²) in [4.78, 5) is 3.60. The minimum atomic E-state index is -0.340. The van der Waals surface area contributed by atoms with Gasteiger partial charge in [0.2, 0.25) is 0 Å². The Morgan fingerprint density at radius 2 is 2.11 bits per heavy atom. The standard InChI is InChI=1S/C15H16ClNOS/c16-15-8-7-11(19-15)10-17-9-3-6-14(18)12-4-1-2-5-13(12)17/h1-2,4-5,7-8,14,18H,3,6,9-10H2. The van der Waals surface area contributed by atoms with Crippen LogP contribution >= 0.6 is 22.9 Å². The molecule has 1 unspecified atom stereocenters. The summed E-state index contributed by atoms with van der Waals surface area (Å²) in [6.07, 6.45) is 1.50. The molecule has 1 aliphatic rings. The third-order valence-electron chi connectivity index (χ3n) is 3.52. The summed E-state index contributed by atoms with van der Waals surface area (Å²) < 4.78 is 0.832. The van der Waals surface area contributed by atoms with Crippen LogP contribution in [0, 0.1) is 0 Å². The molecule has 4 heteroatoms. The quantitative estimate of drug-likeness (QED) is 0.895. The summed E-state index contributed by atoms with van der Waals surface area (Å²) in [6, 6.07) is 12.2. The molecule has 0 fully saturated rings. The lowest BCUT2D eigenvalue weighted by Gasteiger charge is -2.24. The van der Waals surface area contributed by atoms with Crippen molar-refractivity contribution < 1.29 is 5.11 Å². The van der Waals surface area contributed by atoms with Crippen LogP contribution in [-0.2, 0) is 6.54 Å². The van der Waals surface area contributed by atoms with E-state index in [2.05, 4.69) is 17.0 Å². The minimum absolute atomic E-state index is 0.340. The molecule has 0 radical (unpaired) electrons. The van der Waals surface area contributed by atoms with Gasteiger partial charge in [-0.2, -0.15) is 0 Å². The van der Waals surface area contributed by atoms with Gasteiger partial charge in [-0.25, -0.2) is 0 Å². The van der Waals surface area contributed by atoms with Crippen molar-refractivity contribution in [1.82, 2.24) is 0 Å². The number of rotatable bonds is 2. The summed E-state index contributed by atoms with van der Waals surface area (Å²) in [6.45, 7) is 1.84. The Bertz CT molecular complexity index is 569. The van der Waals surface area contributed by atoms with Gasteiger partial charge in [0.05, 0.1) is 17.0 Å². The SMILES string of the molecule is OC1CCCN(Cc2ccc(Cl)s2)c2ccccc21. The fourth-order valence-corrected chi connectivity index (χ4v) is 3.70. The number of hydrogen-bond donors (Lipinski definition) is 1. The summed E-state index contributed by atoms with van der Waals surface area (Å²) in [5, 5.41) is 10.2. The van der Waals surface area contributed by atoms with Crippen LogP contribution in [0.1, 0.15) is 29.4 Å². The predicted octanol–water partition coefficient (Wildman–Crippen LogP) is 4.24. The lowest BCUT2D eigenvalue weighted by molar-refractivity contribution is 0.168. The lowest BCUT2D eigenvalue weighted by atomic mass is 10.0. The molecule has 0 amide bonds. The van der Waals surface area contributed by atoms with Crippen molar-refractivity contribution in [3.63, 3.8) is 0 Å². The monoisotopic (exact) mass is 293 g/mol. The second-order valence-corrected chi connectivity index (χ2v) is 6.64. The molecule has 0 saturated carbocycles. The van der Waals surface area contributed by atoms with E-state index in [4.69, 9.17) is 11.6 Å². The van der Waals surface area contributed by atoms with E-state index in [0.717, 1.165) is 41.5 Å². The average Bonchev–Trinajstić information content (AvgIpc) is 2.75. The van der Waals surface area contributed by atoms with Gasteiger partial charge in [-0.1, -0.05) is 29.8 Å². The van der Waals surface area contributed by atoms with Gasteiger partial charge in [-0.05, 0) is 31.0 Å². The summed E-state index contributed by atoms with van der Waals surface area (Å²) in [7, 11) is 0. The third-order valence-corrected chi connectivity index (χ3v) is 4.73. The molecule has 1 atom stereocenters. The van der Waals surface area contributed by atoms with Crippen molar-refractivity contribution in [2.24, 2.45) is 0 Å². The fourth-order valence-electron chi connectivity index (χ4n) is 2.60. The number of hydrogen-bond acceptors (Lipinski definition) is 3. The number of aliphatic hydroxyl groups excluding tert-OH is 1. The molecule has 2 heterocycles. The maximum atomic E-state index is 10.2. The molecule has 1 aromatic carbocycles. The normalized spacial score (nSPS) is 19.1.